The minimum absolute atomic E-state index is 0.0110. The molecule has 0 spiro atoms. The number of nitrogens with one attached hydrogen (secondary N) is 1. The quantitative estimate of drug-likeness (QED) is 0.625. The fourth-order valence-corrected chi connectivity index (χ4v) is 3.97. The number of halogens is 1. The van der Waals surface area contributed by atoms with Crippen molar-refractivity contribution in [3.63, 3.8) is 0 Å². The molecule has 1 heterocycles. The normalized spacial score (nSPS) is 18.9. The molecule has 0 atom stereocenters. The maximum Gasteiger partial charge on any atom is 0.152 e. The lowest BCUT2D eigenvalue weighted by Gasteiger charge is -2.22. The first-order chi connectivity index (χ1) is 8.89. The predicted octanol–water partition coefficient (Wildman–Crippen LogP) is 1.36. The molecule has 0 radical (unpaired) electrons. The lowest BCUT2D eigenvalue weighted by molar-refractivity contribution is 0.597. The molecular formula is C12H16BrN3O2S. The van der Waals surface area contributed by atoms with E-state index >= 15 is 0 Å². The number of nitrogens with zero attached hydrogens (tertiary/aromatic N) is 1. The van der Waals surface area contributed by atoms with Crippen molar-refractivity contribution in [3.05, 3.63) is 28.2 Å². The Bertz CT molecular complexity index is 601. The van der Waals surface area contributed by atoms with Crippen LogP contribution in [0, 0.1) is 5.41 Å². The molecule has 0 unspecified atom stereocenters. The molecule has 0 saturated carbocycles. The van der Waals surface area contributed by atoms with Gasteiger partial charge in [0.2, 0.25) is 0 Å². The van der Waals surface area contributed by atoms with E-state index in [4.69, 9.17) is 11.1 Å². The molecule has 3 N–H and O–H groups in total. The van der Waals surface area contributed by atoms with Crippen molar-refractivity contribution in [2.45, 2.75) is 6.42 Å². The van der Waals surface area contributed by atoms with Crippen LogP contribution < -0.4 is 10.6 Å². The van der Waals surface area contributed by atoms with Crippen molar-refractivity contribution in [1.82, 2.24) is 0 Å². The smallest absolute Gasteiger partial charge is 0.152 e. The van der Waals surface area contributed by atoms with Crippen LogP contribution in [0.15, 0.2) is 22.7 Å². The van der Waals surface area contributed by atoms with Crippen LogP contribution in [0.2, 0.25) is 0 Å². The van der Waals surface area contributed by atoms with Crippen LogP contribution in [0.1, 0.15) is 12.0 Å². The Labute approximate surface area is 121 Å². The molecule has 7 heteroatoms. The molecule has 5 nitrogen and oxygen atoms in total. The molecule has 1 aromatic rings. The van der Waals surface area contributed by atoms with Crippen LogP contribution in [-0.4, -0.2) is 38.8 Å². The van der Waals surface area contributed by atoms with Gasteiger partial charge in [0.05, 0.1) is 11.5 Å². The predicted molar refractivity (Wildman–Crippen MR) is 80.6 cm³/mol. The van der Waals surface area contributed by atoms with E-state index in [1.807, 2.05) is 12.1 Å². The zero-order valence-electron chi connectivity index (χ0n) is 10.4. The van der Waals surface area contributed by atoms with Gasteiger partial charge in [-0.2, -0.15) is 0 Å². The summed E-state index contributed by atoms with van der Waals surface area (Å²) < 4.78 is 23.9. The minimum atomic E-state index is -2.90. The summed E-state index contributed by atoms with van der Waals surface area (Å²) in [5.74, 6) is 0.465. The summed E-state index contributed by atoms with van der Waals surface area (Å²) in [6.07, 6.45) is 0.647. The Hall–Kier alpha value is -1.08. The summed E-state index contributed by atoms with van der Waals surface area (Å²) in [5.41, 5.74) is 7.06. The Morgan fingerprint density at radius 2 is 2.05 bits per heavy atom. The highest BCUT2D eigenvalue weighted by Gasteiger charge is 2.19. The third kappa shape index (κ3) is 3.48. The van der Waals surface area contributed by atoms with Crippen molar-refractivity contribution in [2.75, 3.05) is 29.5 Å². The first-order valence-electron chi connectivity index (χ1n) is 5.98. The molecular weight excluding hydrogens is 330 g/mol. The first-order valence-corrected chi connectivity index (χ1v) is 8.60. The van der Waals surface area contributed by atoms with Crippen molar-refractivity contribution in [2.24, 2.45) is 5.73 Å². The average molecular weight is 346 g/mol. The number of nitrogen functional groups attached to an aromatic ring is 1. The molecule has 104 valence electrons. The highest BCUT2D eigenvalue weighted by molar-refractivity contribution is 9.10. The van der Waals surface area contributed by atoms with Gasteiger partial charge in [0.25, 0.3) is 0 Å². The Kier molecular flexibility index (Phi) is 4.15. The van der Waals surface area contributed by atoms with Crippen LogP contribution in [0.3, 0.4) is 0 Å². The average Bonchev–Trinajstić information content (AvgIpc) is 2.49. The molecule has 0 bridgehead atoms. The summed E-state index contributed by atoms with van der Waals surface area (Å²) in [6, 6.07) is 5.54. The maximum atomic E-state index is 11.6. The van der Waals surface area contributed by atoms with Gasteiger partial charge in [0, 0.05) is 28.8 Å². The zero-order chi connectivity index (χ0) is 14.0. The van der Waals surface area contributed by atoms with Gasteiger partial charge in [-0.3, -0.25) is 5.41 Å². The second-order valence-corrected chi connectivity index (χ2v) is 7.73. The number of sulfone groups is 1. The fraction of sp³-hybridized carbons (Fsp3) is 0.417. The first kappa shape index (κ1) is 14.3. The van der Waals surface area contributed by atoms with E-state index in [2.05, 4.69) is 20.8 Å². The van der Waals surface area contributed by atoms with Gasteiger partial charge in [-0.1, -0.05) is 0 Å². The van der Waals surface area contributed by atoms with Crippen LogP contribution in [-0.2, 0) is 9.84 Å². The van der Waals surface area contributed by atoms with Crippen molar-refractivity contribution in [1.29, 1.82) is 5.41 Å². The number of benzene rings is 1. The molecule has 19 heavy (non-hydrogen) atoms. The molecule has 0 amide bonds. The number of hydrogen-bond acceptors (Lipinski definition) is 4. The summed E-state index contributed by atoms with van der Waals surface area (Å²) in [6.45, 7) is 1.24. The number of nitrogens with two attached hydrogens (primary N) is 1. The van der Waals surface area contributed by atoms with Crippen LogP contribution in [0.5, 0.6) is 0 Å². The monoisotopic (exact) mass is 345 g/mol. The molecule has 2 rings (SSSR count). The number of amidine groups is 1. The maximum absolute atomic E-state index is 11.6. The van der Waals surface area contributed by atoms with Crippen LogP contribution >= 0.6 is 15.9 Å². The van der Waals surface area contributed by atoms with E-state index in [-0.39, 0.29) is 17.3 Å². The standard InChI is InChI=1S/C12H16BrN3O2S/c13-11-8-9(2-3-10(11)12(14)15)16-4-1-6-19(17,18)7-5-16/h2-3,8H,1,4-7H2,(H3,14,15). The largest absolute Gasteiger partial charge is 0.384 e. The van der Waals surface area contributed by atoms with Gasteiger partial charge < -0.3 is 10.6 Å². The van der Waals surface area contributed by atoms with Crippen molar-refractivity contribution >= 4 is 37.3 Å². The van der Waals surface area contributed by atoms with Crippen molar-refractivity contribution in [3.8, 4) is 0 Å². The van der Waals surface area contributed by atoms with E-state index in [1.165, 1.54) is 0 Å². The van der Waals surface area contributed by atoms with Gasteiger partial charge in [0.15, 0.2) is 9.84 Å². The SMILES string of the molecule is N=C(N)c1ccc(N2CCCS(=O)(=O)CC2)cc1Br. The summed E-state index contributed by atoms with van der Waals surface area (Å²) in [4.78, 5) is 2.05. The van der Waals surface area contributed by atoms with Crippen LogP contribution in [0.4, 0.5) is 5.69 Å². The summed E-state index contributed by atoms with van der Waals surface area (Å²) in [5, 5.41) is 7.43. The van der Waals surface area contributed by atoms with E-state index in [9.17, 15) is 8.42 Å². The van der Waals surface area contributed by atoms with Gasteiger partial charge in [-0.15, -0.1) is 0 Å². The Morgan fingerprint density at radius 3 is 2.68 bits per heavy atom. The van der Waals surface area contributed by atoms with Gasteiger partial charge >= 0.3 is 0 Å². The highest BCUT2D eigenvalue weighted by Crippen LogP contribution is 2.25. The highest BCUT2D eigenvalue weighted by atomic mass is 79.9. The second kappa shape index (κ2) is 5.50. The summed E-state index contributed by atoms with van der Waals surface area (Å²) in [7, 11) is -2.90. The number of hydrogen-bond donors (Lipinski definition) is 2. The molecule has 1 aromatic carbocycles. The molecule has 0 aliphatic carbocycles. The second-order valence-electron chi connectivity index (χ2n) is 4.57. The van der Waals surface area contributed by atoms with Gasteiger partial charge in [0.1, 0.15) is 5.84 Å². The minimum Gasteiger partial charge on any atom is -0.384 e. The molecule has 1 saturated heterocycles. The fourth-order valence-electron chi connectivity index (χ4n) is 2.12. The topological polar surface area (TPSA) is 87.2 Å². The Balaban J connectivity index is 2.23. The van der Waals surface area contributed by atoms with Crippen molar-refractivity contribution < 1.29 is 8.42 Å². The number of anilines is 1. The summed E-state index contributed by atoms with van der Waals surface area (Å²) >= 11 is 3.39. The van der Waals surface area contributed by atoms with E-state index in [0.29, 0.717) is 18.5 Å². The third-order valence-electron chi connectivity index (χ3n) is 3.16. The molecule has 0 aromatic heterocycles. The zero-order valence-corrected chi connectivity index (χ0v) is 12.8. The molecule has 1 aliphatic rings. The Morgan fingerprint density at radius 1 is 1.32 bits per heavy atom. The molecule has 1 fully saturated rings. The van der Waals surface area contributed by atoms with E-state index in [1.54, 1.807) is 6.07 Å². The van der Waals surface area contributed by atoms with Gasteiger partial charge in [-0.25, -0.2) is 8.42 Å². The van der Waals surface area contributed by atoms with Gasteiger partial charge in [-0.05, 0) is 40.5 Å². The van der Waals surface area contributed by atoms with E-state index in [0.717, 1.165) is 16.7 Å². The van der Waals surface area contributed by atoms with Crippen LogP contribution in [0.25, 0.3) is 0 Å². The third-order valence-corrected chi connectivity index (χ3v) is 5.53. The molecule has 1 aliphatic heterocycles. The lowest BCUT2D eigenvalue weighted by atomic mass is 10.2. The van der Waals surface area contributed by atoms with E-state index < -0.39 is 9.84 Å². The number of rotatable bonds is 2. The lowest BCUT2D eigenvalue weighted by Crippen LogP contribution is -2.26.